The summed E-state index contributed by atoms with van der Waals surface area (Å²) in [5, 5.41) is 0. The maximum atomic E-state index is 13.0. The number of amides is 2. The molecule has 1 aliphatic heterocycles. The molecule has 1 saturated heterocycles. The summed E-state index contributed by atoms with van der Waals surface area (Å²) in [6.07, 6.45) is 5.97. The fraction of sp³-hybridized carbons (Fsp3) is 0.857. The Morgan fingerprint density at radius 2 is 1.85 bits per heavy atom. The zero-order valence-corrected chi connectivity index (χ0v) is 12.0. The third-order valence-corrected chi connectivity index (χ3v) is 4.62. The molecule has 114 valence electrons. The van der Waals surface area contributed by atoms with Crippen molar-refractivity contribution in [3.63, 3.8) is 0 Å². The molecule has 2 rings (SSSR count). The first-order valence-corrected chi connectivity index (χ1v) is 7.49. The molecule has 0 radical (unpaired) electrons. The van der Waals surface area contributed by atoms with Gasteiger partial charge in [0.15, 0.2) is 0 Å². The monoisotopic (exact) mass is 283 g/mol. The number of morpholine rings is 1. The number of carbonyl (C=O) groups excluding carboxylic acids is 2. The van der Waals surface area contributed by atoms with Gasteiger partial charge in [-0.15, -0.1) is 0 Å². The van der Waals surface area contributed by atoms with E-state index < -0.39 is 17.4 Å². The van der Waals surface area contributed by atoms with Crippen LogP contribution in [0.5, 0.6) is 0 Å². The SMILES string of the molecule is NCC1(C(=O)N2CCOCC2C(N)=O)CCCCCC1. The van der Waals surface area contributed by atoms with Gasteiger partial charge in [-0.1, -0.05) is 25.7 Å². The lowest BCUT2D eigenvalue weighted by molar-refractivity contribution is -0.156. The van der Waals surface area contributed by atoms with Crippen molar-refractivity contribution in [3.8, 4) is 0 Å². The minimum absolute atomic E-state index is 0.00556. The predicted octanol–water partition coefficient (Wildman–Crippen LogP) is -0.00160. The Bertz CT molecular complexity index is 365. The number of hydrogen-bond donors (Lipinski definition) is 2. The molecule has 0 spiro atoms. The van der Waals surface area contributed by atoms with E-state index in [9.17, 15) is 9.59 Å². The van der Waals surface area contributed by atoms with Gasteiger partial charge in [0.1, 0.15) is 6.04 Å². The highest BCUT2D eigenvalue weighted by Gasteiger charge is 2.43. The minimum atomic E-state index is -0.650. The van der Waals surface area contributed by atoms with Crippen LogP contribution in [-0.2, 0) is 14.3 Å². The molecule has 2 aliphatic rings. The van der Waals surface area contributed by atoms with Crippen LogP contribution < -0.4 is 11.5 Å². The van der Waals surface area contributed by atoms with E-state index in [1.807, 2.05) is 0 Å². The van der Waals surface area contributed by atoms with E-state index in [1.54, 1.807) is 4.90 Å². The van der Waals surface area contributed by atoms with Gasteiger partial charge in [0.05, 0.1) is 18.6 Å². The molecule has 6 heteroatoms. The fourth-order valence-electron chi connectivity index (χ4n) is 3.30. The molecule has 1 atom stereocenters. The molecule has 0 aromatic rings. The highest BCUT2D eigenvalue weighted by atomic mass is 16.5. The number of rotatable bonds is 3. The Balaban J connectivity index is 2.19. The zero-order chi connectivity index (χ0) is 14.6. The van der Waals surface area contributed by atoms with E-state index in [1.165, 1.54) is 0 Å². The van der Waals surface area contributed by atoms with Crippen LogP contribution in [0.1, 0.15) is 38.5 Å². The first-order valence-electron chi connectivity index (χ1n) is 7.49. The van der Waals surface area contributed by atoms with Crippen LogP contribution >= 0.6 is 0 Å². The molecule has 6 nitrogen and oxygen atoms in total. The van der Waals surface area contributed by atoms with Crippen LogP contribution in [0, 0.1) is 5.41 Å². The van der Waals surface area contributed by atoms with Crippen molar-refractivity contribution < 1.29 is 14.3 Å². The van der Waals surface area contributed by atoms with Gasteiger partial charge < -0.3 is 21.1 Å². The summed E-state index contributed by atoms with van der Waals surface area (Å²) >= 11 is 0. The first-order chi connectivity index (χ1) is 9.60. The molecule has 20 heavy (non-hydrogen) atoms. The summed E-state index contributed by atoms with van der Waals surface area (Å²) < 4.78 is 5.28. The zero-order valence-electron chi connectivity index (χ0n) is 12.0. The molecule has 0 aromatic heterocycles. The van der Waals surface area contributed by atoms with Gasteiger partial charge >= 0.3 is 0 Å². The number of primary amides is 1. The van der Waals surface area contributed by atoms with Crippen LogP contribution in [0.15, 0.2) is 0 Å². The summed E-state index contributed by atoms with van der Waals surface area (Å²) in [5.41, 5.74) is 10.8. The number of ether oxygens (including phenoxy) is 1. The van der Waals surface area contributed by atoms with E-state index in [0.717, 1.165) is 38.5 Å². The Kier molecular flexibility index (Phi) is 4.99. The van der Waals surface area contributed by atoms with Gasteiger partial charge in [-0.3, -0.25) is 9.59 Å². The topological polar surface area (TPSA) is 98.7 Å². The highest BCUT2D eigenvalue weighted by Crippen LogP contribution is 2.36. The lowest BCUT2D eigenvalue weighted by Gasteiger charge is -2.41. The molecular weight excluding hydrogens is 258 g/mol. The van der Waals surface area contributed by atoms with E-state index in [4.69, 9.17) is 16.2 Å². The Hall–Kier alpha value is -1.14. The van der Waals surface area contributed by atoms with Crippen molar-refractivity contribution in [2.45, 2.75) is 44.6 Å². The number of nitrogens with zero attached hydrogens (tertiary/aromatic N) is 1. The largest absolute Gasteiger partial charge is 0.377 e. The molecular formula is C14H25N3O3. The lowest BCUT2D eigenvalue weighted by atomic mass is 9.78. The molecule has 2 fully saturated rings. The smallest absolute Gasteiger partial charge is 0.242 e. The summed E-state index contributed by atoms with van der Waals surface area (Å²) in [6.45, 7) is 1.42. The molecule has 1 aliphatic carbocycles. The number of carbonyl (C=O) groups is 2. The van der Waals surface area contributed by atoms with Gasteiger partial charge in [0.25, 0.3) is 0 Å². The molecule has 1 unspecified atom stereocenters. The van der Waals surface area contributed by atoms with E-state index >= 15 is 0 Å². The van der Waals surface area contributed by atoms with E-state index in [2.05, 4.69) is 0 Å². The van der Waals surface area contributed by atoms with Gasteiger partial charge in [0, 0.05) is 13.1 Å². The van der Waals surface area contributed by atoms with Crippen molar-refractivity contribution >= 4 is 11.8 Å². The third kappa shape index (κ3) is 2.96. The molecule has 0 bridgehead atoms. The number of hydrogen-bond acceptors (Lipinski definition) is 4. The standard InChI is InChI=1S/C14H25N3O3/c15-10-14(5-3-1-2-4-6-14)13(19)17-7-8-20-9-11(17)12(16)18/h11H,1-10,15H2,(H2,16,18). The van der Waals surface area contributed by atoms with Crippen molar-refractivity contribution in [1.29, 1.82) is 0 Å². The maximum Gasteiger partial charge on any atom is 0.242 e. The average Bonchev–Trinajstić information content (AvgIpc) is 2.72. The summed E-state index contributed by atoms with van der Waals surface area (Å²) in [6, 6.07) is -0.650. The van der Waals surface area contributed by atoms with Crippen LogP contribution in [0.3, 0.4) is 0 Å². The molecule has 1 heterocycles. The second-order valence-electron chi connectivity index (χ2n) is 5.89. The quantitative estimate of drug-likeness (QED) is 0.712. The maximum absolute atomic E-state index is 13.0. The predicted molar refractivity (Wildman–Crippen MR) is 74.7 cm³/mol. The van der Waals surface area contributed by atoms with Gasteiger partial charge in [-0.25, -0.2) is 0 Å². The van der Waals surface area contributed by atoms with Crippen molar-refractivity contribution in [3.05, 3.63) is 0 Å². The highest BCUT2D eigenvalue weighted by molar-refractivity contribution is 5.90. The van der Waals surface area contributed by atoms with Gasteiger partial charge in [-0.2, -0.15) is 0 Å². The van der Waals surface area contributed by atoms with Gasteiger partial charge in [0.2, 0.25) is 11.8 Å². The summed E-state index contributed by atoms with van der Waals surface area (Å²) in [4.78, 5) is 26.1. The van der Waals surface area contributed by atoms with Gasteiger partial charge in [-0.05, 0) is 12.8 Å². The second kappa shape index (κ2) is 6.54. The lowest BCUT2D eigenvalue weighted by Crippen LogP contribution is -2.59. The minimum Gasteiger partial charge on any atom is -0.377 e. The van der Waals surface area contributed by atoms with E-state index in [0.29, 0.717) is 19.7 Å². The van der Waals surface area contributed by atoms with E-state index in [-0.39, 0.29) is 12.5 Å². The average molecular weight is 283 g/mol. The number of nitrogens with two attached hydrogens (primary N) is 2. The Labute approximate surface area is 119 Å². The summed E-state index contributed by atoms with van der Waals surface area (Å²) in [5.74, 6) is -0.507. The van der Waals surface area contributed by atoms with Crippen molar-refractivity contribution in [2.24, 2.45) is 16.9 Å². The third-order valence-electron chi connectivity index (χ3n) is 4.62. The summed E-state index contributed by atoms with van der Waals surface area (Å²) in [7, 11) is 0. The van der Waals surface area contributed by atoms with Crippen LogP contribution in [-0.4, -0.2) is 49.1 Å². The molecule has 1 saturated carbocycles. The normalized spacial score (nSPS) is 26.9. The fourth-order valence-corrected chi connectivity index (χ4v) is 3.30. The molecule has 0 aromatic carbocycles. The first kappa shape index (κ1) is 15.3. The van der Waals surface area contributed by atoms with Crippen molar-refractivity contribution in [1.82, 2.24) is 4.90 Å². The molecule has 4 N–H and O–H groups in total. The van der Waals surface area contributed by atoms with Crippen LogP contribution in [0.4, 0.5) is 0 Å². The Morgan fingerprint density at radius 1 is 1.20 bits per heavy atom. The van der Waals surface area contributed by atoms with Crippen LogP contribution in [0.25, 0.3) is 0 Å². The van der Waals surface area contributed by atoms with Crippen LogP contribution in [0.2, 0.25) is 0 Å². The Morgan fingerprint density at radius 3 is 2.40 bits per heavy atom. The van der Waals surface area contributed by atoms with Crippen molar-refractivity contribution in [2.75, 3.05) is 26.3 Å². The molecule has 2 amide bonds. The second-order valence-corrected chi connectivity index (χ2v) is 5.89.